The first kappa shape index (κ1) is 23.2. The van der Waals surface area contributed by atoms with E-state index in [-0.39, 0.29) is 11.7 Å². The lowest BCUT2D eigenvalue weighted by Crippen LogP contribution is -2.37. The lowest BCUT2D eigenvalue weighted by Gasteiger charge is -2.41. The monoisotopic (exact) mass is 470 g/mol. The van der Waals surface area contributed by atoms with Gasteiger partial charge in [0, 0.05) is 49.6 Å². The third kappa shape index (κ3) is 6.08. The maximum absolute atomic E-state index is 13.3. The molecule has 0 spiro atoms. The van der Waals surface area contributed by atoms with E-state index in [0.29, 0.717) is 30.3 Å². The van der Waals surface area contributed by atoms with E-state index in [0.717, 1.165) is 28.9 Å². The fourth-order valence-corrected chi connectivity index (χ4v) is 5.07. The summed E-state index contributed by atoms with van der Waals surface area (Å²) in [5.74, 6) is 0.274. The van der Waals surface area contributed by atoms with Gasteiger partial charge in [-0.1, -0.05) is 12.1 Å². The number of rotatable bonds is 6. The van der Waals surface area contributed by atoms with E-state index in [1.165, 1.54) is 18.2 Å². The first-order chi connectivity index (χ1) is 15.8. The summed E-state index contributed by atoms with van der Waals surface area (Å²) in [5, 5.41) is 7.10. The van der Waals surface area contributed by atoms with Gasteiger partial charge in [-0.05, 0) is 48.0 Å². The van der Waals surface area contributed by atoms with Crippen molar-refractivity contribution in [2.75, 3.05) is 29.9 Å². The largest absolute Gasteiger partial charge is 0.323 e. The van der Waals surface area contributed by atoms with Crippen LogP contribution in [0, 0.1) is 5.82 Å². The van der Waals surface area contributed by atoms with Gasteiger partial charge in [0.2, 0.25) is 5.91 Å². The number of nitrogens with zero attached hydrogens (tertiary/aromatic N) is 3. The molecule has 0 atom stereocenters. The Balaban J connectivity index is 1.35. The molecule has 4 rings (SSSR count). The van der Waals surface area contributed by atoms with Gasteiger partial charge in [0.25, 0.3) is 0 Å². The van der Waals surface area contributed by atoms with Crippen LogP contribution < -0.4 is 5.32 Å². The van der Waals surface area contributed by atoms with Crippen LogP contribution in [0.3, 0.4) is 0 Å². The van der Waals surface area contributed by atoms with Gasteiger partial charge < -0.3 is 5.32 Å². The van der Waals surface area contributed by atoms with Crippen molar-refractivity contribution < 1.29 is 18.3 Å². The number of aromatic nitrogens is 2. The molecule has 9 heteroatoms. The fraction of sp³-hybridized carbons (Fsp3) is 0.250. The number of hydrogen-bond acceptors (Lipinski definition) is 5. The van der Waals surface area contributed by atoms with Crippen LogP contribution in [0.15, 0.2) is 60.8 Å². The van der Waals surface area contributed by atoms with E-state index in [4.69, 9.17) is 0 Å². The summed E-state index contributed by atoms with van der Waals surface area (Å²) >= 11 is 0. The quantitative estimate of drug-likeness (QED) is 0.463. The average molecular weight is 471 g/mol. The van der Waals surface area contributed by atoms with Gasteiger partial charge in [-0.15, -0.1) is 0 Å². The number of anilines is 1. The van der Waals surface area contributed by atoms with Gasteiger partial charge in [0.15, 0.2) is 0 Å². The van der Waals surface area contributed by atoms with Crippen LogP contribution in [0.25, 0.3) is 17.3 Å². The molecule has 7 nitrogen and oxygen atoms in total. The molecule has 1 saturated heterocycles. The molecule has 2 heterocycles. The Morgan fingerprint density at radius 3 is 2.45 bits per heavy atom. The first-order valence-corrected chi connectivity index (χ1v) is 12.5. The van der Waals surface area contributed by atoms with Gasteiger partial charge in [0.1, 0.15) is 5.82 Å². The lowest BCUT2D eigenvalue weighted by molar-refractivity contribution is -0.111. The molecule has 2 aromatic carbocycles. The number of halogens is 1. The molecule has 33 heavy (non-hydrogen) atoms. The molecule has 1 aliphatic heterocycles. The molecule has 0 bridgehead atoms. The topological polar surface area (TPSA) is 90.6 Å². The Morgan fingerprint density at radius 2 is 1.79 bits per heavy atom. The predicted octanol–water partition coefficient (Wildman–Crippen LogP) is 4.44. The molecule has 1 aliphatic rings. The van der Waals surface area contributed by atoms with Crippen molar-refractivity contribution in [3.8, 4) is 11.3 Å². The van der Waals surface area contributed by atoms with E-state index >= 15 is 0 Å². The summed E-state index contributed by atoms with van der Waals surface area (Å²) in [4.78, 5) is 14.6. The molecule has 0 aliphatic carbocycles. The molecule has 3 aromatic rings. The first-order valence-electron chi connectivity index (χ1n) is 10.6. The lowest BCUT2D eigenvalue weighted by atomic mass is 10.1. The number of carbonyl (C=O) groups excluding carboxylic acids is 1. The van der Waals surface area contributed by atoms with Gasteiger partial charge in [0.05, 0.1) is 23.4 Å². The fourth-order valence-electron chi connectivity index (χ4n) is 3.76. The van der Waals surface area contributed by atoms with Crippen molar-refractivity contribution in [1.82, 2.24) is 14.7 Å². The second kappa shape index (κ2) is 9.88. The molecular weight excluding hydrogens is 443 g/mol. The van der Waals surface area contributed by atoms with Gasteiger partial charge in [-0.2, -0.15) is 15.7 Å². The number of nitrogens with one attached hydrogen (secondary N) is 1. The molecule has 0 unspecified atom stereocenters. The molecule has 0 saturated carbocycles. The Morgan fingerprint density at radius 1 is 1.12 bits per heavy atom. The zero-order valence-electron chi connectivity index (χ0n) is 18.3. The van der Waals surface area contributed by atoms with E-state index in [1.54, 1.807) is 36.1 Å². The molecule has 1 amide bonds. The van der Waals surface area contributed by atoms with Crippen LogP contribution in [0.5, 0.6) is 0 Å². The molecule has 1 aromatic heterocycles. The second-order valence-corrected chi connectivity index (χ2v) is 10.5. The zero-order valence-corrected chi connectivity index (χ0v) is 19.1. The normalized spacial score (nSPS) is 17.2. The van der Waals surface area contributed by atoms with Crippen LogP contribution in [-0.2, 0) is 18.4 Å². The summed E-state index contributed by atoms with van der Waals surface area (Å²) < 4.78 is 34.4. The van der Waals surface area contributed by atoms with Crippen LogP contribution in [0.2, 0.25) is 0 Å². The van der Waals surface area contributed by atoms with Crippen molar-refractivity contribution in [2.24, 2.45) is 7.05 Å². The predicted molar refractivity (Wildman–Crippen MR) is 131 cm³/mol. The summed E-state index contributed by atoms with van der Waals surface area (Å²) in [7, 11) is -0.590. The summed E-state index contributed by atoms with van der Waals surface area (Å²) in [6, 6.07) is 13.8. The maximum atomic E-state index is 13.3. The smallest absolute Gasteiger partial charge is 0.248 e. The van der Waals surface area contributed by atoms with Gasteiger partial charge >= 0.3 is 0 Å². The van der Waals surface area contributed by atoms with E-state index in [9.17, 15) is 18.3 Å². The zero-order chi connectivity index (χ0) is 23.4. The number of hydrogen-bond donors (Lipinski definition) is 3. The highest BCUT2D eigenvalue weighted by atomic mass is 32.3. The Hall–Kier alpha value is -2.98. The number of amides is 1. The Kier molecular flexibility index (Phi) is 6.94. The highest BCUT2D eigenvalue weighted by molar-refractivity contribution is 8.24. The van der Waals surface area contributed by atoms with Gasteiger partial charge in [-0.25, -0.2) is 4.39 Å². The molecule has 0 radical (unpaired) electrons. The van der Waals surface area contributed by atoms with Crippen molar-refractivity contribution in [3.05, 3.63) is 77.7 Å². The minimum atomic E-state index is -2.39. The average Bonchev–Trinajstić information content (AvgIpc) is 3.16. The van der Waals surface area contributed by atoms with Crippen molar-refractivity contribution in [2.45, 2.75) is 6.54 Å². The summed E-state index contributed by atoms with van der Waals surface area (Å²) in [6.07, 6.45) is 4.80. The Labute approximate surface area is 193 Å². The van der Waals surface area contributed by atoms with Crippen LogP contribution in [-0.4, -0.2) is 54.3 Å². The second-order valence-electron chi connectivity index (χ2n) is 8.09. The molecule has 3 N–H and O–H groups in total. The molecule has 174 valence electrons. The van der Waals surface area contributed by atoms with E-state index in [2.05, 4.69) is 15.3 Å². The highest BCUT2D eigenvalue weighted by Gasteiger charge is 2.22. The standard InChI is InChI=1S/C24H27FN4O3S/c1-28-24(19-4-7-21(25)8-5-19)20(16-26-28)6-11-23(30)27-22-9-2-18(3-10-22)17-29-12-14-33(31,32)15-13-29/h2-11,16,31-32H,12-15,17H2,1H3,(H,27,30)/b11-6+. The van der Waals surface area contributed by atoms with E-state index < -0.39 is 10.6 Å². The molecule has 1 fully saturated rings. The maximum Gasteiger partial charge on any atom is 0.248 e. The minimum absolute atomic E-state index is 0.266. The van der Waals surface area contributed by atoms with Crippen LogP contribution >= 0.6 is 10.6 Å². The molecular formula is C24H27FN4O3S. The third-order valence-corrected chi connectivity index (χ3v) is 7.27. The van der Waals surface area contributed by atoms with Crippen LogP contribution in [0.4, 0.5) is 10.1 Å². The third-order valence-electron chi connectivity index (χ3n) is 5.60. The number of carbonyl (C=O) groups is 1. The highest BCUT2D eigenvalue weighted by Crippen LogP contribution is 2.40. The SMILES string of the molecule is Cn1ncc(/C=C/C(=O)Nc2ccc(CN3CCS(O)(O)CC3)cc2)c1-c1ccc(F)cc1. The van der Waals surface area contributed by atoms with E-state index in [1.807, 2.05) is 24.3 Å². The van der Waals surface area contributed by atoms with Gasteiger partial charge in [-0.3, -0.25) is 23.5 Å². The number of benzene rings is 2. The minimum Gasteiger partial charge on any atom is -0.323 e. The van der Waals surface area contributed by atoms with Crippen molar-refractivity contribution in [1.29, 1.82) is 0 Å². The Bertz CT molecular complexity index is 1130. The number of aryl methyl sites for hydroxylation is 1. The summed E-state index contributed by atoms with van der Waals surface area (Å²) in [5.41, 5.74) is 4.15. The summed E-state index contributed by atoms with van der Waals surface area (Å²) in [6.45, 7) is 2.07. The van der Waals surface area contributed by atoms with Crippen molar-refractivity contribution >= 4 is 28.3 Å². The van der Waals surface area contributed by atoms with Crippen LogP contribution in [0.1, 0.15) is 11.1 Å². The van der Waals surface area contributed by atoms with Crippen molar-refractivity contribution in [3.63, 3.8) is 0 Å².